The molecule has 1 saturated heterocycles. The molecule has 8 nitrogen and oxygen atoms in total. The van der Waals surface area contributed by atoms with Crippen LogP contribution in [0.2, 0.25) is 0 Å². The van der Waals surface area contributed by atoms with Crippen LogP contribution in [0.25, 0.3) is 0 Å². The summed E-state index contributed by atoms with van der Waals surface area (Å²) in [6.45, 7) is 5.36. The molecule has 2 rings (SSSR count). The number of nitrogens with one attached hydrogen (secondary N) is 1. The van der Waals surface area contributed by atoms with Crippen molar-refractivity contribution in [1.29, 1.82) is 0 Å². The second kappa shape index (κ2) is 6.66. The molecular weight excluding hydrogens is 274 g/mol. The number of aliphatic hydroxyl groups excluding tert-OH is 1. The maximum absolute atomic E-state index is 11.2. The van der Waals surface area contributed by atoms with E-state index in [9.17, 15) is 15.2 Å². The lowest BCUT2D eigenvalue weighted by Crippen LogP contribution is -2.36. The van der Waals surface area contributed by atoms with Gasteiger partial charge in [0, 0.05) is 13.1 Å². The first kappa shape index (κ1) is 15.4. The van der Waals surface area contributed by atoms with Crippen LogP contribution >= 0.6 is 0 Å². The minimum Gasteiger partial charge on any atom is -0.394 e. The molecule has 0 bridgehead atoms. The Bertz CT molecular complexity index is 511. The summed E-state index contributed by atoms with van der Waals surface area (Å²) in [5, 5.41) is 23.8. The van der Waals surface area contributed by atoms with E-state index in [4.69, 9.17) is 0 Å². The molecule has 8 heteroatoms. The van der Waals surface area contributed by atoms with Crippen LogP contribution < -0.4 is 10.2 Å². The lowest BCUT2D eigenvalue weighted by molar-refractivity contribution is -0.384. The van der Waals surface area contributed by atoms with Crippen molar-refractivity contribution < 1.29 is 10.0 Å². The largest absolute Gasteiger partial charge is 0.394 e. The third-order valence-electron chi connectivity index (χ3n) is 3.82. The average molecular weight is 295 g/mol. The van der Waals surface area contributed by atoms with E-state index in [2.05, 4.69) is 15.3 Å². The Balaban J connectivity index is 2.36. The van der Waals surface area contributed by atoms with Gasteiger partial charge >= 0.3 is 5.69 Å². The molecule has 0 saturated carbocycles. The number of hydrogen-bond acceptors (Lipinski definition) is 7. The maximum Gasteiger partial charge on any atom is 0.329 e. The molecule has 0 amide bonds. The summed E-state index contributed by atoms with van der Waals surface area (Å²) in [6.07, 6.45) is 3.03. The van der Waals surface area contributed by atoms with E-state index in [-0.39, 0.29) is 30.1 Å². The average Bonchev–Trinajstić information content (AvgIpc) is 2.85. The van der Waals surface area contributed by atoms with Crippen molar-refractivity contribution in [1.82, 2.24) is 9.97 Å². The van der Waals surface area contributed by atoms with Gasteiger partial charge in [-0.3, -0.25) is 10.1 Å². The number of nitro groups is 1. The van der Waals surface area contributed by atoms with E-state index in [1.54, 1.807) is 0 Å². The van der Waals surface area contributed by atoms with Crippen LogP contribution in [-0.2, 0) is 0 Å². The van der Waals surface area contributed by atoms with Crippen molar-refractivity contribution in [3.05, 3.63) is 16.3 Å². The molecule has 116 valence electrons. The summed E-state index contributed by atoms with van der Waals surface area (Å²) in [5.41, 5.74) is -0.121. The summed E-state index contributed by atoms with van der Waals surface area (Å²) >= 11 is 0. The lowest BCUT2D eigenvalue weighted by Gasteiger charge is -2.25. The van der Waals surface area contributed by atoms with Crippen molar-refractivity contribution in [2.45, 2.75) is 32.7 Å². The first-order valence-corrected chi connectivity index (χ1v) is 7.21. The van der Waals surface area contributed by atoms with Crippen LogP contribution in [0.4, 0.5) is 17.5 Å². The van der Waals surface area contributed by atoms with Crippen molar-refractivity contribution in [2.75, 3.05) is 29.9 Å². The number of anilines is 2. The molecule has 2 N–H and O–H groups in total. The number of hydrogen-bond donors (Lipinski definition) is 2. The molecule has 2 atom stereocenters. The van der Waals surface area contributed by atoms with Gasteiger partial charge < -0.3 is 15.3 Å². The fourth-order valence-corrected chi connectivity index (χ4v) is 2.58. The smallest absolute Gasteiger partial charge is 0.329 e. The quantitative estimate of drug-likeness (QED) is 0.604. The highest BCUT2D eigenvalue weighted by molar-refractivity contribution is 5.60. The molecule has 1 aromatic heterocycles. The van der Waals surface area contributed by atoms with Crippen molar-refractivity contribution >= 4 is 17.5 Å². The van der Waals surface area contributed by atoms with E-state index in [1.165, 1.54) is 6.20 Å². The molecule has 2 unspecified atom stereocenters. The first-order chi connectivity index (χ1) is 10.1. The van der Waals surface area contributed by atoms with Gasteiger partial charge in [-0.15, -0.1) is 0 Å². The zero-order chi connectivity index (χ0) is 15.4. The van der Waals surface area contributed by atoms with Crippen LogP contribution in [0.3, 0.4) is 0 Å². The van der Waals surface area contributed by atoms with Gasteiger partial charge in [-0.2, -0.15) is 4.98 Å². The lowest BCUT2D eigenvalue weighted by atomic mass is 10.0. The molecule has 0 radical (unpaired) electrons. The van der Waals surface area contributed by atoms with Gasteiger partial charge in [0.2, 0.25) is 11.8 Å². The molecule has 21 heavy (non-hydrogen) atoms. The van der Waals surface area contributed by atoms with E-state index in [0.29, 0.717) is 19.0 Å². The zero-order valence-corrected chi connectivity index (χ0v) is 12.3. The highest BCUT2D eigenvalue weighted by Crippen LogP contribution is 2.34. The standard InChI is InChI=1S/C13H21N5O3/c1-3-5-14-13-15-7-10(18(20)21)12(16-13)17-6-4-9(2)11(17)8-19/h7,9,11,19H,3-6,8H2,1-2H3,(H,14,15,16). The minimum atomic E-state index is -0.476. The fraction of sp³-hybridized carbons (Fsp3) is 0.692. The molecule has 2 heterocycles. The molecule has 0 aromatic carbocycles. The van der Waals surface area contributed by atoms with Crippen LogP contribution in [0.5, 0.6) is 0 Å². The summed E-state index contributed by atoms with van der Waals surface area (Å²) in [4.78, 5) is 20.8. The van der Waals surface area contributed by atoms with E-state index >= 15 is 0 Å². The Morgan fingerprint density at radius 2 is 2.38 bits per heavy atom. The molecule has 1 aliphatic heterocycles. The van der Waals surface area contributed by atoms with Gasteiger partial charge in [0.05, 0.1) is 17.6 Å². The van der Waals surface area contributed by atoms with Crippen molar-refractivity contribution in [3.8, 4) is 0 Å². The fourth-order valence-electron chi connectivity index (χ4n) is 2.58. The second-order valence-electron chi connectivity index (χ2n) is 5.30. The van der Waals surface area contributed by atoms with Crippen LogP contribution in [-0.4, -0.2) is 45.7 Å². The maximum atomic E-state index is 11.2. The zero-order valence-electron chi connectivity index (χ0n) is 12.3. The third kappa shape index (κ3) is 3.21. The molecule has 0 spiro atoms. The van der Waals surface area contributed by atoms with Crippen molar-refractivity contribution in [3.63, 3.8) is 0 Å². The highest BCUT2D eigenvalue weighted by Gasteiger charge is 2.35. The van der Waals surface area contributed by atoms with Gasteiger partial charge in [0.1, 0.15) is 6.20 Å². The molecule has 0 aliphatic carbocycles. The Hall–Kier alpha value is -1.96. The van der Waals surface area contributed by atoms with Gasteiger partial charge in [-0.1, -0.05) is 13.8 Å². The Morgan fingerprint density at radius 3 is 3.00 bits per heavy atom. The third-order valence-corrected chi connectivity index (χ3v) is 3.82. The van der Waals surface area contributed by atoms with Gasteiger partial charge in [0.25, 0.3) is 0 Å². The second-order valence-corrected chi connectivity index (χ2v) is 5.30. The van der Waals surface area contributed by atoms with Crippen LogP contribution in [0, 0.1) is 16.0 Å². The molecule has 1 aliphatic rings. The summed E-state index contributed by atoms with van der Waals surface area (Å²) in [6, 6.07) is -0.141. The first-order valence-electron chi connectivity index (χ1n) is 7.21. The SMILES string of the molecule is CCCNc1ncc([N+](=O)[O-])c(N2CCC(C)C2CO)n1. The van der Waals surface area contributed by atoms with Gasteiger partial charge in [-0.25, -0.2) is 4.98 Å². The van der Waals surface area contributed by atoms with E-state index in [0.717, 1.165) is 12.8 Å². The monoisotopic (exact) mass is 295 g/mol. The number of aromatic nitrogens is 2. The number of rotatable bonds is 6. The predicted octanol–water partition coefficient (Wildman–Crippen LogP) is 1.41. The highest BCUT2D eigenvalue weighted by atomic mass is 16.6. The summed E-state index contributed by atoms with van der Waals surface area (Å²) < 4.78 is 0. The van der Waals surface area contributed by atoms with Crippen LogP contribution in [0.15, 0.2) is 6.20 Å². The summed E-state index contributed by atoms with van der Waals surface area (Å²) in [7, 11) is 0. The Labute approximate surface area is 123 Å². The topological polar surface area (TPSA) is 104 Å². The Morgan fingerprint density at radius 1 is 1.62 bits per heavy atom. The van der Waals surface area contributed by atoms with Crippen LogP contribution in [0.1, 0.15) is 26.7 Å². The molecule has 1 aromatic rings. The molecular formula is C13H21N5O3. The normalized spacial score (nSPS) is 21.6. The van der Waals surface area contributed by atoms with E-state index in [1.807, 2.05) is 18.7 Å². The van der Waals surface area contributed by atoms with E-state index < -0.39 is 4.92 Å². The number of nitrogens with zero attached hydrogens (tertiary/aromatic N) is 4. The van der Waals surface area contributed by atoms with Crippen molar-refractivity contribution in [2.24, 2.45) is 5.92 Å². The Kier molecular flexibility index (Phi) is 4.89. The van der Waals surface area contributed by atoms with Gasteiger partial charge in [-0.05, 0) is 18.8 Å². The summed E-state index contributed by atoms with van der Waals surface area (Å²) in [5.74, 6) is 0.947. The molecule has 1 fully saturated rings. The number of aliphatic hydroxyl groups is 1. The minimum absolute atomic E-state index is 0.0416. The van der Waals surface area contributed by atoms with Gasteiger partial charge in [0.15, 0.2) is 0 Å². The predicted molar refractivity (Wildman–Crippen MR) is 79.5 cm³/mol.